The number of nitrogens with zero attached hydrogens (tertiary/aromatic N) is 4. The smallest absolute Gasteiger partial charge is 0.417 e. The molecule has 1 aromatic heterocycles. The zero-order valence-corrected chi connectivity index (χ0v) is 16.5. The van der Waals surface area contributed by atoms with Gasteiger partial charge >= 0.3 is 20.3 Å². The summed E-state index contributed by atoms with van der Waals surface area (Å²) in [5.74, 6) is -0.206. The lowest BCUT2D eigenvalue weighted by atomic mass is 10.1. The van der Waals surface area contributed by atoms with Gasteiger partial charge in [0.1, 0.15) is 17.5 Å². The van der Waals surface area contributed by atoms with Gasteiger partial charge in [-0.05, 0) is 24.6 Å². The van der Waals surface area contributed by atoms with Crippen molar-refractivity contribution >= 4 is 14.6 Å². The fraction of sp³-hybridized carbons (Fsp3) is 0.353. The molecule has 2 aliphatic rings. The molecule has 0 aliphatic carbocycles. The summed E-state index contributed by atoms with van der Waals surface area (Å²) in [6, 6.07) is 5.98. The maximum absolute atomic E-state index is 12.1. The molecule has 1 N–H and O–H groups in total. The molecule has 13 heteroatoms. The summed E-state index contributed by atoms with van der Waals surface area (Å²) >= 11 is 0. The molecule has 12 nitrogen and oxygen atoms in total. The predicted octanol–water partition coefficient (Wildman–Crippen LogP) is 2.30. The van der Waals surface area contributed by atoms with Gasteiger partial charge in [-0.15, -0.1) is 0 Å². The van der Waals surface area contributed by atoms with Gasteiger partial charge in [0.25, 0.3) is 5.56 Å². The van der Waals surface area contributed by atoms with Crippen molar-refractivity contribution < 1.29 is 23.1 Å². The first-order valence-corrected chi connectivity index (χ1v) is 10.00. The molecule has 4 atom stereocenters. The SMILES string of the molecule is Cc1cn([C@H]2C[C@H](N=[N+]=[N-])[C@@H](COP3OC(=O)c4ccccc4O3)O2)c(=O)[nH]c1=O. The molecule has 0 saturated carbocycles. The molecule has 2 aromatic rings. The van der Waals surface area contributed by atoms with Crippen LogP contribution in [0.15, 0.2) is 45.2 Å². The van der Waals surface area contributed by atoms with Crippen molar-refractivity contribution in [2.45, 2.75) is 31.7 Å². The van der Waals surface area contributed by atoms with Crippen molar-refractivity contribution in [1.29, 1.82) is 0 Å². The van der Waals surface area contributed by atoms with Crippen LogP contribution < -0.4 is 15.8 Å². The van der Waals surface area contributed by atoms with Crippen LogP contribution in [-0.4, -0.2) is 34.3 Å². The topological polar surface area (TPSA) is 158 Å². The molecule has 1 unspecified atom stereocenters. The molecule has 2 aliphatic heterocycles. The van der Waals surface area contributed by atoms with E-state index in [0.29, 0.717) is 16.9 Å². The quantitative estimate of drug-likeness (QED) is 0.328. The second-order valence-corrected chi connectivity index (χ2v) is 7.67. The van der Waals surface area contributed by atoms with E-state index in [1.807, 2.05) is 0 Å². The molecule has 0 bridgehead atoms. The molecular weight excluding hydrogens is 417 g/mol. The van der Waals surface area contributed by atoms with Gasteiger partial charge < -0.3 is 13.8 Å². The molecule has 1 saturated heterocycles. The third-order valence-corrected chi connectivity index (χ3v) is 5.66. The first kappa shape index (κ1) is 20.1. The Morgan fingerprint density at radius 1 is 1.33 bits per heavy atom. The summed E-state index contributed by atoms with van der Waals surface area (Å²) in [7, 11) is -2.01. The summed E-state index contributed by atoms with van der Waals surface area (Å²) in [4.78, 5) is 40.8. The molecule has 3 heterocycles. The number of para-hydroxylation sites is 1. The number of rotatable bonds is 5. The van der Waals surface area contributed by atoms with Crippen molar-refractivity contribution in [1.82, 2.24) is 9.55 Å². The number of azide groups is 1. The lowest BCUT2D eigenvalue weighted by Crippen LogP contribution is -2.33. The molecule has 0 spiro atoms. The van der Waals surface area contributed by atoms with Gasteiger partial charge in [-0.3, -0.25) is 18.9 Å². The van der Waals surface area contributed by atoms with Crippen LogP contribution in [-0.2, 0) is 13.8 Å². The van der Waals surface area contributed by atoms with Gasteiger partial charge in [0.15, 0.2) is 0 Å². The van der Waals surface area contributed by atoms with Gasteiger partial charge in [0, 0.05) is 23.1 Å². The number of benzene rings is 1. The number of ether oxygens (including phenoxy) is 1. The van der Waals surface area contributed by atoms with Crippen LogP contribution in [0.4, 0.5) is 0 Å². The molecule has 156 valence electrons. The Kier molecular flexibility index (Phi) is 5.56. The van der Waals surface area contributed by atoms with Crippen molar-refractivity contribution in [3.8, 4) is 5.75 Å². The maximum atomic E-state index is 12.1. The number of fused-ring (bicyclic) bond motifs is 1. The van der Waals surface area contributed by atoms with Gasteiger partial charge in [0.2, 0.25) is 0 Å². The molecular formula is C17H16N5O7P. The average Bonchev–Trinajstić information content (AvgIpc) is 3.12. The van der Waals surface area contributed by atoms with E-state index in [1.54, 1.807) is 31.2 Å². The normalized spacial score (nSPS) is 25.0. The summed E-state index contributed by atoms with van der Waals surface area (Å²) in [5.41, 5.74) is 8.37. The lowest BCUT2D eigenvalue weighted by molar-refractivity contribution is -0.0246. The Bertz CT molecular complexity index is 1140. The highest BCUT2D eigenvalue weighted by atomic mass is 31.2. The number of aryl methyl sites for hydroxylation is 1. The van der Waals surface area contributed by atoms with E-state index in [9.17, 15) is 14.4 Å². The fourth-order valence-corrected chi connectivity index (χ4v) is 4.11. The van der Waals surface area contributed by atoms with Crippen molar-refractivity contribution in [3.05, 3.63) is 72.9 Å². The molecule has 0 radical (unpaired) electrons. The van der Waals surface area contributed by atoms with Gasteiger partial charge in [-0.2, -0.15) is 0 Å². The summed E-state index contributed by atoms with van der Waals surface area (Å²) in [6.45, 7) is 1.46. The van der Waals surface area contributed by atoms with Crippen LogP contribution in [0.25, 0.3) is 10.4 Å². The van der Waals surface area contributed by atoms with E-state index in [4.69, 9.17) is 23.8 Å². The number of hydrogen-bond donors (Lipinski definition) is 1. The minimum Gasteiger partial charge on any atom is -0.417 e. The van der Waals surface area contributed by atoms with Crippen LogP contribution >= 0.6 is 8.60 Å². The molecule has 1 aromatic carbocycles. The third-order valence-electron chi connectivity index (χ3n) is 4.64. The molecule has 1 fully saturated rings. The van der Waals surface area contributed by atoms with Crippen LogP contribution in [0.3, 0.4) is 0 Å². The fourth-order valence-electron chi connectivity index (χ4n) is 3.14. The van der Waals surface area contributed by atoms with Gasteiger partial charge in [-0.25, -0.2) is 9.59 Å². The van der Waals surface area contributed by atoms with E-state index >= 15 is 0 Å². The van der Waals surface area contributed by atoms with Crippen LogP contribution in [0.1, 0.15) is 28.6 Å². The highest BCUT2D eigenvalue weighted by Crippen LogP contribution is 2.47. The number of carbonyl (C=O) groups excluding carboxylic acids is 1. The Hall–Kier alpha value is -3.17. The number of aromatic amines is 1. The second-order valence-electron chi connectivity index (χ2n) is 6.60. The molecule has 4 rings (SSSR count). The van der Waals surface area contributed by atoms with E-state index in [1.165, 1.54) is 10.8 Å². The van der Waals surface area contributed by atoms with Gasteiger partial charge in [0.05, 0.1) is 18.8 Å². The number of carbonyl (C=O) groups is 1. The van der Waals surface area contributed by atoms with E-state index in [-0.39, 0.29) is 13.0 Å². The predicted molar refractivity (Wildman–Crippen MR) is 103 cm³/mol. The summed E-state index contributed by atoms with van der Waals surface area (Å²) in [5, 5.41) is 3.71. The van der Waals surface area contributed by atoms with Crippen LogP contribution in [0.2, 0.25) is 0 Å². The van der Waals surface area contributed by atoms with Crippen molar-refractivity contribution in [2.75, 3.05) is 6.61 Å². The number of hydrogen-bond acceptors (Lipinski definition) is 8. The van der Waals surface area contributed by atoms with E-state index in [0.717, 1.165) is 0 Å². The van der Waals surface area contributed by atoms with E-state index in [2.05, 4.69) is 15.0 Å². The second kappa shape index (κ2) is 8.29. The Labute approximate surface area is 170 Å². The first-order valence-electron chi connectivity index (χ1n) is 8.90. The van der Waals surface area contributed by atoms with Crippen molar-refractivity contribution in [2.24, 2.45) is 5.11 Å². The maximum Gasteiger partial charge on any atom is 0.465 e. The van der Waals surface area contributed by atoms with Crippen LogP contribution in [0, 0.1) is 6.92 Å². The summed E-state index contributed by atoms with van der Waals surface area (Å²) < 4.78 is 23.4. The standard InChI is InChI=1S/C17H16N5O7P/c1-9-7-22(17(25)19-15(9)23)14-6-11(20-21-18)13(27-14)8-26-30-28-12-5-3-2-4-10(12)16(24)29-30/h2-5,7,11,13-14H,6,8H2,1H3,(H,19,23,25)/t11-,13+,14+,30?/m0/s1. The lowest BCUT2D eigenvalue weighted by Gasteiger charge is -2.24. The Morgan fingerprint density at radius 3 is 2.93 bits per heavy atom. The zero-order chi connectivity index (χ0) is 21.3. The van der Waals surface area contributed by atoms with Crippen molar-refractivity contribution in [3.63, 3.8) is 0 Å². The Balaban J connectivity index is 1.47. The minimum atomic E-state index is -2.01. The van der Waals surface area contributed by atoms with E-state index < -0.39 is 44.2 Å². The monoisotopic (exact) mass is 433 g/mol. The minimum absolute atomic E-state index is 0.0988. The number of nitrogens with one attached hydrogen (secondary N) is 1. The number of aromatic nitrogens is 2. The average molecular weight is 433 g/mol. The summed E-state index contributed by atoms with van der Waals surface area (Å²) in [6.07, 6.45) is 0.104. The highest BCUT2D eigenvalue weighted by Gasteiger charge is 2.39. The van der Waals surface area contributed by atoms with Crippen LogP contribution in [0.5, 0.6) is 5.75 Å². The number of H-pyrrole nitrogens is 1. The zero-order valence-electron chi connectivity index (χ0n) is 15.6. The molecule has 0 amide bonds. The van der Waals surface area contributed by atoms with Gasteiger partial charge in [-0.1, -0.05) is 17.2 Å². The Morgan fingerprint density at radius 2 is 2.13 bits per heavy atom. The first-order chi connectivity index (χ1) is 14.5. The third kappa shape index (κ3) is 3.94. The molecule has 30 heavy (non-hydrogen) atoms. The largest absolute Gasteiger partial charge is 0.465 e. The highest BCUT2D eigenvalue weighted by molar-refractivity contribution is 7.43.